The molecule has 0 fully saturated rings. The molecule has 0 aliphatic carbocycles. The number of alkyl halides is 3. The summed E-state index contributed by atoms with van der Waals surface area (Å²) in [6.45, 7) is 4.62. The van der Waals surface area contributed by atoms with Crippen molar-refractivity contribution in [2.45, 2.75) is 65.5 Å². The molecule has 1 heterocycles. The second-order valence-electron chi connectivity index (χ2n) is 7.37. The first-order valence-corrected chi connectivity index (χ1v) is 9.91. The molecule has 0 spiro atoms. The van der Waals surface area contributed by atoms with Gasteiger partial charge in [0.2, 0.25) is 0 Å². The number of aryl methyl sites for hydroxylation is 1. The Kier molecular flexibility index (Phi) is 7.76. The highest BCUT2D eigenvalue weighted by Crippen LogP contribution is 2.43. The highest BCUT2D eigenvalue weighted by Gasteiger charge is 2.57. The van der Waals surface area contributed by atoms with Crippen molar-refractivity contribution in [1.82, 2.24) is 9.97 Å². The van der Waals surface area contributed by atoms with Gasteiger partial charge in [-0.2, -0.15) is 13.2 Å². The zero-order chi connectivity index (χ0) is 21.5. The summed E-state index contributed by atoms with van der Waals surface area (Å²) in [6, 6.07) is 6.15. The molecule has 0 saturated carbocycles. The van der Waals surface area contributed by atoms with E-state index < -0.39 is 17.6 Å². The fraction of sp³-hybridized carbons (Fsp3) is 0.500. The molecule has 0 bridgehead atoms. The molecule has 7 heteroatoms. The van der Waals surface area contributed by atoms with Gasteiger partial charge in [0.15, 0.2) is 11.2 Å². The quantitative estimate of drug-likeness (QED) is 0.284. The Hall–Kier alpha value is -2.44. The van der Waals surface area contributed by atoms with E-state index in [1.54, 1.807) is 31.5 Å². The summed E-state index contributed by atoms with van der Waals surface area (Å²) in [5, 5.41) is 0. The number of nitrogens with zero attached hydrogens (tertiary/aromatic N) is 2. The minimum absolute atomic E-state index is 0.0570. The van der Waals surface area contributed by atoms with Crippen LogP contribution in [0.15, 0.2) is 36.7 Å². The zero-order valence-corrected chi connectivity index (χ0v) is 17.1. The van der Waals surface area contributed by atoms with Crippen LogP contribution in [0.2, 0.25) is 0 Å². The monoisotopic (exact) mass is 408 g/mol. The molecule has 0 aliphatic rings. The van der Waals surface area contributed by atoms with Crippen LogP contribution >= 0.6 is 0 Å². The van der Waals surface area contributed by atoms with Crippen molar-refractivity contribution in [3.05, 3.63) is 42.2 Å². The van der Waals surface area contributed by atoms with Crippen LogP contribution in [0.4, 0.5) is 13.2 Å². The second kappa shape index (κ2) is 9.85. The Balaban J connectivity index is 2.07. The van der Waals surface area contributed by atoms with E-state index in [9.17, 15) is 18.0 Å². The van der Waals surface area contributed by atoms with Gasteiger partial charge in [-0.05, 0) is 56.0 Å². The van der Waals surface area contributed by atoms with Gasteiger partial charge in [0, 0.05) is 18.0 Å². The number of rotatable bonds is 9. The minimum atomic E-state index is -4.67. The summed E-state index contributed by atoms with van der Waals surface area (Å²) < 4.78 is 45.1. The van der Waals surface area contributed by atoms with Crippen molar-refractivity contribution in [2.24, 2.45) is 5.41 Å². The lowest BCUT2D eigenvalue weighted by Gasteiger charge is -2.29. The van der Waals surface area contributed by atoms with Crippen LogP contribution in [0, 0.1) is 5.41 Å². The standard InChI is InChI=1S/C22H27F3N2O2/c1-4-6-7-8-16-14-26-19(27-15-16)17-9-11-18(12-10-17)29-20(28)21(3,13-5-2)22(23,24)25/h9-12,14-15H,4-8,13H2,1-3H3. The summed E-state index contributed by atoms with van der Waals surface area (Å²) in [6.07, 6.45) is 3.11. The molecule has 4 nitrogen and oxygen atoms in total. The Morgan fingerprint density at radius 2 is 1.62 bits per heavy atom. The van der Waals surface area contributed by atoms with E-state index in [0.717, 1.165) is 38.2 Å². The van der Waals surface area contributed by atoms with Crippen molar-refractivity contribution in [3.63, 3.8) is 0 Å². The number of aromatic nitrogens is 2. The number of benzene rings is 1. The predicted molar refractivity (Wildman–Crippen MR) is 105 cm³/mol. The normalized spacial score (nSPS) is 13.7. The summed E-state index contributed by atoms with van der Waals surface area (Å²) in [4.78, 5) is 20.9. The van der Waals surface area contributed by atoms with Crippen molar-refractivity contribution in [2.75, 3.05) is 0 Å². The first-order chi connectivity index (χ1) is 13.7. The Bertz CT molecular complexity index is 789. The molecule has 29 heavy (non-hydrogen) atoms. The van der Waals surface area contributed by atoms with Crippen LogP contribution in [0.25, 0.3) is 11.4 Å². The number of unbranched alkanes of at least 4 members (excludes halogenated alkanes) is 2. The minimum Gasteiger partial charge on any atom is -0.426 e. The van der Waals surface area contributed by atoms with Crippen LogP contribution < -0.4 is 4.74 Å². The van der Waals surface area contributed by atoms with E-state index in [4.69, 9.17) is 4.74 Å². The molecule has 0 radical (unpaired) electrons. The van der Waals surface area contributed by atoms with Gasteiger partial charge in [0.25, 0.3) is 0 Å². The largest absolute Gasteiger partial charge is 0.426 e. The molecule has 2 rings (SSSR count). The van der Waals surface area contributed by atoms with Crippen LogP contribution in [0.1, 0.15) is 58.4 Å². The third-order valence-electron chi connectivity index (χ3n) is 4.92. The van der Waals surface area contributed by atoms with Crippen LogP contribution in [0.5, 0.6) is 5.75 Å². The van der Waals surface area contributed by atoms with Gasteiger partial charge in [0.05, 0.1) is 0 Å². The van der Waals surface area contributed by atoms with Gasteiger partial charge < -0.3 is 4.74 Å². The molecule has 0 amide bonds. The maximum atomic E-state index is 13.3. The molecular formula is C22H27F3N2O2. The molecule has 0 saturated heterocycles. The maximum absolute atomic E-state index is 13.3. The summed E-state index contributed by atoms with van der Waals surface area (Å²) in [7, 11) is 0. The molecular weight excluding hydrogens is 381 g/mol. The highest BCUT2D eigenvalue weighted by atomic mass is 19.4. The van der Waals surface area contributed by atoms with Crippen LogP contribution in [-0.4, -0.2) is 22.1 Å². The topological polar surface area (TPSA) is 52.1 Å². The van der Waals surface area contributed by atoms with E-state index in [0.29, 0.717) is 11.4 Å². The summed E-state index contributed by atoms with van der Waals surface area (Å²) in [5.41, 5.74) is -0.774. The number of hydrogen-bond donors (Lipinski definition) is 0. The van der Waals surface area contributed by atoms with E-state index in [2.05, 4.69) is 16.9 Å². The van der Waals surface area contributed by atoms with Crippen LogP contribution in [0.3, 0.4) is 0 Å². The van der Waals surface area contributed by atoms with Gasteiger partial charge in [-0.1, -0.05) is 33.1 Å². The lowest BCUT2D eigenvalue weighted by molar-refractivity contribution is -0.226. The maximum Gasteiger partial charge on any atom is 0.404 e. The fourth-order valence-corrected chi connectivity index (χ4v) is 2.96. The van der Waals surface area contributed by atoms with E-state index in [1.165, 1.54) is 12.1 Å². The zero-order valence-electron chi connectivity index (χ0n) is 17.1. The Labute approximate surface area is 169 Å². The molecule has 2 aromatic rings. The average Bonchev–Trinajstić information content (AvgIpc) is 2.68. The SMILES string of the molecule is CCCCCc1cnc(-c2ccc(OC(=O)C(C)(CCC)C(F)(F)F)cc2)nc1. The third-order valence-corrected chi connectivity index (χ3v) is 4.92. The van der Waals surface area contributed by atoms with Crippen molar-refractivity contribution in [3.8, 4) is 17.1 Å². The lowest BCUT2D eigenvalue weighted by Crippen LogP contribution is -2.44. The third kappa shape index (κ3) is 5.78. The smallest absolute Gasteiger partial charge is 0.404 e. The number of esters is 1. The van der Waals surface area contributed by atoms with Crippen molar-refractivity contribution >= 4 is 5.97 Å². The van der Waals surface area contributed by atoms with Crippen molar-refractivity contribution < 1.29 is 22.7 Å². The van der Waals surface area contributed by atoms with Crippen LogP contribution in [-0.2, 0) is 11.2 Å². The van der Waals surface area contributed by atoms with Gasteiger partial charge >= 0.3 is 12.1 Å². The Morgan fingerprint density at radius 3 is 2.14 bits per heavy atom. The number of halogens is 3. The molecule has 0 N–H and O–H groups in total. The van der Waals surface area contributed by atoms with E-state index in [1.807, 2.05) is 0 Å². The first kappa shape index (κ1) is 22.8. The molecule has 1 aromatic carbocycles. The van der Waals surface area contributed by atoms with E-state index in [-0.39, 0.29) is 18.6 Å². The summed E-state index contributed by atoms with van der Waals surface area (Å²) >= 11 is 0. The average molecular weight is 408 g/mol. The highest BCUT2D eigenvalue weighted by molar-refractivity contribution is 5.79. The van der Waals surface area contributed by atoms with Gasteiger partial charge in [-0.3, -0.25) is 4.79 Å². The predicted octanol–water partition coefficient (Wildman–Crippen LogP) is 6.15. The number of carbonyl (C=O) groups excluding carboxylic acids is 1. The summed E-state index contributed by atoms with van der Waals surface area (Å²) in [5.74, 6) is -0.734. The number of hydrogen-bond acceptors (Lipinski definition) is 4. The van der Waals surface area contributed by atoms with Gasteiger partial charge in [0.1, 0.15) is 5.75 Å². The molecule has 0 aliphatic heterocycles. The second-order valence-corrected chi connectivity index (χ2v) is 7.37. The Morgan fingerprint density at radius 1 is 1.00 bits per heavy atom. The van der Waals surface area contributed by atoms with Crippen molar-refractivity contribution in [1.29, 1.82) is 0 Å². The molecule has 1 aromatic heterocycles. The first-order valence-electron chi connectivity index (χ1n) is 9.91. The molecule has 1 atom stereocenters. The number of carbonyl (C=O) groups is 1. The molecule has 1 unspecified atom stereocenters. The van der Waals surface area contributed by atoms with Gasteiger partial charge in [-0.15, -0.1) is 0 Å². The number of ether oxygens (including phenoxy) is 1. The van der Waals surface area contributed by atoms with Gasteiger partial charge in [-0.25, -0.2) is 9.97 Å². The fourth-order valence-electron chi connectivity index (χ4n) is 2.96. The molecule has 158 valence electrons. The van der Waals surface area contributed by atoms with E-state index >= 15 is 0 Å². The lowest BCUT2D eigenvalue weighted by atomic mass is 9.85.